The molecule has 64 valence electrons. The lowest BCUT2D eigenvalue weighted by molar-refractivity contribution is 0.507. The third-order valence-corrected chi connectivity index (χ3v) is 1.73. The van der Waals surface area contributed by atoms with Crippen molar-refractivity contribution in [1.29, 1.82) is 0 Å². The molecule has 0 N–H and O–H groups in total. The van der Waals surface area contributed by atoms with Crippen LogP contribution in [-0.2, 0) is 6.42 Å². The average Bonchev–Trinajstić information content (AvgIpc) is 2.48. The number of rotatable bonds is 3. The summed E-state index contributed by atoms with van der Waals surface area (Å²) < 4.78 is 5.54. The quantitative estimate of drug-likeness (QED) is 0.662. The van der Waals surface area contributed by atoms with Gasteiger partial charge < -0.3 is 4.42 Å². The molecule has 0 bridgehead atoms. The van der Waals surface area contributed by atoms with Gasteiger partial charge in [-0.1, -0.05) is 25.7 Å². The van der Waals surface area contributed by atoms with E-state index < -0.39 is 0 Å². The number of allylic oxidation sites excluding steroid dienone is 1. The highest BCUT2D eigenvalue weighted by molar-refractivity contribution is 5.60. The number of furan rings is 1. The fourth-order valence-corrected chi connectivity index (χ4v) is 1.09. The van der Waals surface area contributed by atoms with Gasteiger partial charge in [-0.25, -0.2) is 0 Å². The first-order valence-electron chi connectivity index (χ1n) is 4.19. The molecule has 1 rings (SSSR count). The average molecular weight is 162 g/mol. The molecule has 0 fully saturated rings. The largest absolute Gasteiger partial charge is 0.461 e. The van der Waals surface area contributed by atoms with E-state index in [1.54, 1.807) is 0 Å². The minimum atomic E-state index is 0.907. The molecule has 1 heteroatoms. The van der Waals surface area contributed by atoms with Crippen LogP contribution in [0.25, 0.3) is 12.2 Å². The van der Waals surface area contributed by atoms with Gasteiger partial charge in [-0.05, 0) is 19.1 Å². The maximum absolute atomic E-state index is 5.54. The highest BCUT2D eigenvalue weighted by atomic mass is 16.3. The Bertz CT molecular complexity index is 292. The Morgan fingerprint density at radius 3 is 2.83 bits per heavy atom. The van der Waals surface area contributed by atoms with E-state index in [0.717, 1.165) is 23.5 Å². The molecule has 0 aliphatic carbocycles. The SMILES string of the molecule is C=Cc1cc(CC)oc1/C=C\C. The maximum Gasteiger partial charge on any atom is 0.133 e. The highest BCUT2D eigenvalue weighted by Gasteiger charge is 2.03. The van der Waals surface area contributed by atoms with E-state index in [-0.39, 0.29) is 0 Å². The van der Waals surface area contributed by atoms with Crippen molar-refractivity contribution >= 4 is 12.2 Å². The van der Waals surface area contributed by atoms with Crippen molar-refractivity contribution in [3.05, 3.63) is 35.8 Å². The second kappa shape index (κ2) is 3.96. The molecule has 0 unspecified atom stereocenters. The summed E-state index contributed by atoms with van der Waals surface area (Å²) in [4.78, 5) is 0. The lowest BCUT2D eigenvalue weighted by Gasteiger charge is -1.87. The number of aryl methyl sites for hydroxylation is 1. The molecule has 1 nitrogen and oxygen atoms in total. The van der Waals surface area contributed by atoms with Crippen molar-refractivity contribution in [3.63, 3.8) is 0 Å². The van der Waals surface area contributed by atoms with Crippen LogP contribution in [0.2, 0.25) is 0 Å². The number of hydrogen-bond acceptors (Lipinski definition) is 1. The molecular formula is C11H14O. The molecule has 0 saturated heterocycles. The van der Waals surface area contributed by atoms with Gasteiger partial charge in [0.1, 0.15) is 11.5 Å². The molecule has 0 spiro atoms. The first kappa shape index (κ1) is 8.85. The molecular weight excluding hydrogens is 148 g/mol. The van der Waals surface area contributed by atoms with Gasteiger partial charge in [0.25, 0.3) is 0 Å². The first-order valence-corrected chi connectivity index (χ1v) is 4.19. The predicted octanol–water partition coefficient (Wildman–Crippen LogP) is 3.52. The minimum absolute atomic E-state index is 0.907. The molecule has 0 aliphatic rings. The van der Waals surface area contributed by atoms with Crippen LogP contribution in [0.4, 0.5) is 0 Å². The molecule has 1 aromatic rings. The molecule has 1 aromatic heterocycles. The molecule has 1 heterocycles. The lowest BCUT2D eigenvalue weighted by Crippen LogP contribution is -1.68. The van der Waals surface area contributed by atoms with E-state index >= 15 is 0 Å². The van der Waals surface area contributed by atoms with Crippen molar-refractivity contribution in [2.24, 2.45) is 0 Å². The van der Waals surface area contributed by atoms with Gasteiger partial charge in [0, 0.05) is 12.0 Å². The monoisotopic (exact) mass is 162 g/mol. The molecule has 0 amide bonds. The Kier molecular flexibility index (Phi) is 2.92. The summed E-state index contributed by atoms with van der Waals surface area (Å²) in [7, 11) is 0. The van der Waals surface area contributed by atoms with Gasteiger partial charge in [0.05, 0.1) is 0 Å². The first-order chi connectivity index (χ1) is 5.81. The van der Waals surface area contributed by atoms with Crippen LogP contribution < -0.4 is 0 Å². The van der Waals surface area contributed by atoms with Crippen molar-refractivity contribution in [1.82, 2.24) is 0 Å². The Labute approximate surface area is 73.4 Å². The van der Waals surface area contributed by atoms with E-state index in [4.69, 9.17) is 4.42 Å². The molecule has 0 saturated carbocycles. The van der Waals surface area contributed by atoms with Gasteiger partial charge in [-0.3, -0.25) is 0 Å². The van der Waals surface area contributed by atoms with Crippen LogP contribution in [0.15, 0.2) is 23.1 Å². The highest BCUT2D eigenvalue weighted by Crippen LogP contribution is 2.18. The fourth-order valence-electron chi connectivity index (χ4n) is 1.09. The van der Waals surface area contributed by atoms with Gasteiger partial charge >= 0.3 is 0 Å². The standard InChI is InChI=1S/C11H14O/c1-4-7-11-9(5-2)8-10(6-3)12-11/h4-5,7-8H,2,6H2,1,3H3/b7-4-. The normalized spacial score (nSPS) is 10.8. The van der Waals surface area contributed by atoms with Crippen LogP contribution in [0.3, 0.4) is 0 Å². The topological polar surface area (TPSA) is 13.1 Å². The van der Waals surface area contributed by atoms with Crippen molar-refractivity contribution in [2.75, 3.05) is 0 Å². The smallest absolute Gasteiger partial charge is 0.133 e. The second-order valence-corrected chi connectivity index (χ2v) is 2.59. The summed E-state index contributed by atoms with van der Waals surface area (Å²) in [6.07, 6.45) is 6.66. The molecule has 0 radical (unpaired) electrons. The van der Waals surface area contributed by atoms with Gasteiger partial charge in [0.2, 0.25) is 0 Å². The minimum Gasteiger partial charge on any atom is -0.461 e. The molecule has 0 aliphatic heterocycles. The Balaban J connectivity index is 3.07. The van der Waals surface area contributed by atoms with E-state index in [1.165, 1.54) is 0 Å². The Morgan fingerprint density at radius 2 is 2.33 bits per heavy atom. The summed E-state index contributed by atoms with van der Waals surface area (Å²) in [6, 6.07) is 2.03. The molecule has 0 aromatic carbocycles. The van der Waals surface area contributed by atoms with Crippen LogP contribution in [0.1, 0.15) is 30.9 Å². The van der Waals surface area contributed by atoms with Crippen molar-refractivity contribution in [3.8, 4) is 0 Å². The zero-order valence-electron chi connectivity index (χ0n) is 7.63. The van der Waals surface area contributed by atoms with Crippen LogP contribution in [-0.4, -0.2) is 0 Å². The van der Waals surface area contributed by atoms with Gasteiger partial charge in [-0.2, -0.15) is 0 Å². The summed E-state index contributed by atoms with van der Waals surface area (Å²) in [5.41, 5.74) is 1.07. The van der Waals surface area contributed by atoms with E-state index in [0.29, 0.717) is 0 Å². The summed E-state index contributed by atoms with van der Waals surface area (Å²) in [5.74, 6) is 1.92. The second-order valence-electron chi connectivity index (χ2n) is 2.59. The third kappa shape index (κ3) is 1.67. The van der Waals surface area contributed by atoms with Gasteiger partial charge in [-0.15, -0.1) is 0 Å². The zero-order chi connectivity index (χ0) is 8.97. The summed E-state index contributed by atoms with van der Waals surface area (Å²) in [5, 5.41) is 0. The van der Waals surface area contributed by atoms with Crippen molar-refractivity contribution < 1.29 is 4.42 Å². The number of hydrogen-bond donors (Lipinski definition) is 0. The predicted molar refractivity (Wildman–Crippen MR) is 52.9 cm³/mol. The van der Waals surface area contributed by atoms with E-state index in [2.05, 4.69) is 13.5 Å². The molecule has 0 atom stereocenters. The Morgan fingerprint density at radius 1 is 1.58 bits per heavy atom. The van der Waals surface area contributed by atoms with Crippen LogP contribution in [0.5, 0.6) is 0 Å². The Hall–Kier alpha value is -1.24. The zero-order valence-corrected chi connectivity index (χ0v) is 7.63. The molecule has 12 heavy (non-hydrogen) atoms. The lowest BCUT2D eigenvalue weighted by atomic mass is 10.2. The third-order valence-electron chi connectivity index (χ3n) is 1.73. The van der Waals surface area contributed by atoms with E-state index in [9.17, 15) is 0 Å². The van der Waals surface area contributed by atoms with Crippen LogP contribution in [0, 0.1) is 0 Å². The van der Waals surface area contributed by atoms with Crippen LogP contribution >= 0.6 is 0 Å². The fraction of sp³-hybridized carbons (Fsp3) is 0.273. The maximum atomic E-state index is 5.54. The van der Waals surface area contributed by atoms with Gasteiger partial charge in [0.15, 0.2) is 0 Å². The van der Waals surface area contributed by atoms with Crippen molar-refractivity contribution in [2.45, 2.75) is 20.3 Å². The van der Waals surface area contributed by atoms with E-state index in [1.807, 2.05) is 31.2 Å². The summed E-state index contributed by atoms with van der Waals surface area (Å²) >= 11 is 0. The summed E-state index contributed by atoms with van der Waals surface area (Å²) in [6.45, 7) is 7.78.